The van der Waals surface area contributed by atoms with Crippen molar-refractivity contribution in [2.24, 2.45) is 0 Å². The summed E-state index contributed by atoms with van der Waals surface area (Å²) in [6, 6.07) is 8.05. The molecule has 0 aliphatic carbocycles. The van der Waals surface area contributed by atoms with Gasteiger partial charge in [0.1, 0.15) is 17.3 Å². The Labute approximate surface area is 225 Å². The van der Waals surface area contributed by atoms with Crippen molar-refractivity contribution in [1.82, 2.24) is 25.5 Å². The molecule has 1 fully saturated rings. The molecular formula is C28H31F2N7O2. The lowest BCUT2D eigenvalue weighted by Crippen LogP contribution is -2.46. The van der Waals surface area contributed by atoms with E-state index in [9.17, 15) is 18.4 Å². The lowest BCUT2D eigenvalue weighted by molar-refractivity contribution is 0.0943. The van der Waals surface area contributed by atoms with Crippen LogP contribution in [0.1, 0.15) is 35.3 Å². The molecule has 11 heteroatoms. The number of amides is 3. The van der Waals surface area contributed by atoms with Gasteiger partial charge in [0.2, 0.25) is 5.95 Å². The van der Waals surface area contributed by atoms with Crippen LogP contribution in [0.5, 0.6) is 0 Å². The van der Waals surface area contributed by atoms with Crippen molar-refractivity contribution in [1.29, 1.82) is 0 Å². The Kier molecular flexibility index (Phi) is 7.17. The molecule has 39 heavy (non-hydrogen) atoms. The van der Waals surface area contributed by atoms with Gasteiger partial charge in [-0.2, -0.15) is 4.98 Å². The molecule has 0 spiro atoms. The summed E-state index contributed by atoms with van der Waals surface area (Å²) in [4.78, 5) is 40.7. The maximum Gasteiger partial charge on any atom is 0.328 e. The van der Waals surface area contributed by atoms with Gasteiger partial charge < -0.3 is 20.4 Å². The first-order valence-electron chi connectivity index (χ1n) is 12.9. The van der Waals surface area contributed by atoms with Crippen molar-refractivity contribution in [2.75, 3.05) is 43.0 Å². The van der Waals surface area contributed by atoms with E-state index in [1.807, 2.05) is 38.8 Å². The van der Waals surface area contributed by atoms with E-state index in [1.165, 1.54) is 6.07 Å². The SMILES string of the molecule is Cc1ccc(C(=O)NC(C)C)cc1-c1nc(N2CCN(C)CC2)nc2c1CNC(=O)N2c1c(F)cccc1F. The van der Waals surface area contributed by atoms with Gasteiger partial charge in [0.15, 0.2) is 5.82 Å². The molecule has 5 rings (SSSR count). The Morgan fingerprint density at radius 3 is 2.41 bits per heavy atom. The molecule has 3 amide bonds. The van der Waals surface area contributed by atoms with Gasteiger partial charge in [0.05, 0.1) is 12.2 Å². The fraction of sp³-hybridized carbons (Fsp3) is 0.357. The van der Waals surface area contributed by atoms with Gasteiger partial charge in [-0.3, -0.25) is 4.79 Å². The maximum atomic E-state index is 15.0. The van der Waals surface area contributed by atoms with Crippen LogP contribution in [0.25, 0.3) is 11.3 Å². The van der Waals surface area contributed by atoms with Crippen LogP contribution in [0.3, 0.4) is 0 Å². The number of piperazine rings is 1. The number of anilines is 3. The van der Waals surface area contributed by atoms with Gasteiger partial charge in [-0.25, -0.2) is 23.5 Å². The van der Waals surface area contributed by atoms with Crippen LogP contribution < -0.4 is 20.4 Å². The van der Waals surface area contributed by atoms with Crippen LogP contribution in [0.4, 0.5) is 31.0 Å². The summed E-state index contributed by atoms with van der Waals surface area (Å²) in [7, 11) is 2.03. The number of nitrogens with zero attached hydrogens (tertiary/aromatic N) is 5. The van der Waals surface area contributed by atoms with Crippen LogP contribution in [0.15, 0.2) is 36.4 Å². The third-order valence-corrected chi connectivity index (χ3v) is 6.93. The van der Waals surface area contributed by atoms with Crippen molar-refractivity contribution in [3.63, 3.8) is 0 Å². The highest BCUT2D eigenvalue weighted by molar-refractivity contribution is 6.02. The molecule has 0 unspecified atom stereocenters. The molecule has 0 saturated carbocycles. The number of aromatic nitrogens is 2. The Morgan fingerprint density at radius 1 is 1.05 bits per heavy atom. The van der Waals surface area contributed by atoms with Gasteiger partial charge in [-0.1, -0.05) is 12.1 Å². The molecule has 2 aliphatic rings. The highest BCUT2D eigenvalue weighted by Gasteiger charge is 2.35. The van der Waals surface area contributed by atoms with Gasteiger partial charge in [-0.05, 0) is 57.6 Å². The predicted octanol–water partition coefficient (Wildman–Crippen LogP) is 3.98. The van der Waals surface area contributed by atoms with E-state index in [2.05, 4.69) is 15.5 Å². The van der Waals surface area contributed by atoms with E-state index >= 15 is 0 Å². The number of aryl methyl sites for hydroxylation is 1. The zero-order chi connectivity index (χ0) is 27.8. The van der Waals surface area contributed by atoms with E-state index in [4.69, 9.17) is 9.97 Å². The number of carbonyl (C=O) groups excluding carboxylic acids is 2. The van der Waals surface area contributed by atoms with Crippen molar-refractivity contribution in [2.45, 2.75) is 33.4 Å². The fourth-order valence-corrected chi connectivity index (χ4v) is 4.79. The first kappa shape index (κ1) is 26.5. The van der Waals surface area contributed by atoms with E-state index in [0.29, 0.717) is 41.4 Å². The molecule has 1 saturated heterocycles. The van der Waals surface area contributed by atoms with Crippen LogP contribution in [0, 0.1) is 18.6 Å². The monoisotopic (exact) mass is 535 g/mol. The number of benzene rings is 2. The Bertz CT molecular complexity index is 1420. The first-order chi connectivity index (χ1) is 18.6. The molecule has 1 aromatic heterocycles. The third-order valence-electron chi connectivity index (χ3n) is 6.93. The minimum Gasteiger partial charge on any atom is -0.350 e. The quantitative estimate of drug-likeness (QED) is 0.514. The number of carbonyl (C=O) groups is 2. The number of halogens is 2. The number of urea groups is 1. The minimum absolute atomic E-state index is 0.0441. The average Bonchev–Trinajstić information content (AvgIpc) is 2.89. The van der Waals surface area contributed by atoms with Crippen LogP contribution in [0.2, 0.25) is 0 Å². The van der Waals surface area contributed by atoms with Gasteiger partial charge in [0.25, 0.3) is 5.91 Å². The molecule has 2 aromatic carbocycles. The topological polar surface area (TPSA) is 93.7 Å². The summed E-state index contributed by atoms with van der Waals surface area (Å²) in [5.41, 5.74) is 2.46. The van der Waals surface area contributed by atoms with Gasteiger partial charge in [0, 0.05) is 48.9 Å². The number of hydrogen-bond donors (Lipinski definition) is 2. The van der Waals surface area contributed by atoms with Crippen molar-refractivity contribution >= 4 is 29.4 Å². The average molecular weight is 536 g/mol. The lowest BCUT2D eigenvalue weighted by Gasteiger charge is -2.35. The molecule has 204 valence electrons. The molecular weight excluding hydrogens is 504 g/mol. The Balaban J connectivity index is 1.73. The van der Waals surface area contributed by atoms with Crippen LogP contribution >= 0.6 is 0 Å². The number of likely N-dealkylation sites (N-methyl/N-ethyl adjacent to an activating group) is 1. The molecule has 3 aromatic rings. The van der Waals surface area contributed by atoms with E-state index in [-0.39, 0.29) is 24.3 Å². The summed E-state index contributed by atoms with van der Waals surface area (Å²) in [5, 5.41) is 5.61. The standard InChI is InChI=1S/C28H31F2N7O2/c1-16(2)32-26(38)18-9-8-17(3)19(14-18)23-20-15-31-28(39)37(24-21(29)6-5-7-22(24)30)25(20)34-27(33-23)36-12-10-35(4)11-13-36/h5-9,14,16H,10-13,15H2,1-4H3,(H,31,39)(H,32,38). The summed E-state index contributed by atoms with van der Waals surface area (Å²) >= 11 is 0. The number of fused-ring (bicyclic) bond motifs is 1. The fourth-order valence-electron chi connectivity index (χ4n) is 4.79. The number of hydrogen-bond acceptors (Lipinski definition) is 6. The van der Waals surface area contributed by atoms with Crippen LogP contribution in [-0.4, -0.2) is 66.1 Å². The zero-order valence-electron chi connectivity index (χ0n) is 22.4. The number of para-hydroxylation sites is 1. The summed E-state index contributed by atoms with van der Waals surface area (Å²) < 4.78 is 29.9. The first-order valence-corrected chi connectivity index (χ1v) is 12.9. The largest absolute Gasteiger partial charge is 0.350 e. The summed E-state index contributed by atoms with van der Waals surface area (Å²) in [6.45, 7) is 8.58. The molecule has 2 N–H and O–H groups in total. The smallest absolute Gasteiger partial charge is 0.328 e. The van der Waals surface area contributed by atoms with Gasteiger partial charge >= 0.3 is 6.03 Å². The van der Waals surface area contributed by atoms with E-state index < -0.39 is 23.4 Å². The maximum absolute atomic E-state index is 15.0. The summed E-state index contributed by atoms with van der Waals surface area (Å²) in [6.07, 6.45) is 0. The molecule has 0 atom stereocenters. The van der Waals surface area contributed by atoms with E-state index in [1.54, 1.807) is 12.1 Å². The highest BCUT2D eigenvalue weighted by atomic mass is 19.1. The predicted molar refractivity (Wildman–Crippen MR) is 145 cm³/mol. The second-order valence-electron chi connectivity index (χ2n) is 10.2. The second-order valence-corrected chi connectivity index (χ2v) is 10.2. The Hall–Kier alpha value is -4.12. The highest BCUT2D eigenvalue weighted by Crippen LogP contribution is 2.39. The minimum atomic E-state index is -0.886. The lowest BCUT2D eigenvalue weighted by atomic mass is 9.97. The van der Waals surface area contributed by atoms with Crippen molar-refractivity contribution < 1.29 is 18.4 Å². The van der Waals surface area contributed by atoms with Crippen molar-refractivity contribution in [3.8, 4) is 11.3 Å². The van der Waals surface area contributed by atoms with Crippen LogP contribution in [-0.2, 0) is 6.54 Å². The third kappa shape index (κ3) is 5.14. The van der Waals surface area contributed by atoms with E-state index in [0.717, 1.165) is 35.7 Å². The molecule has 9 nitrogen and oxygen atoms in total. The number of nitrogens with one attached hydrogen (secondary N) is 2. The normalized spacial score (nSPS) is 15.8. The Morgan fingerprint density at radius 2 is 1.74 bits per heavy atom. The molecule has 3 heterocycles. The number of rotatable bonds is 5. The summed E-state index contributed by atoms with van der Waals surface area (Å²) in [5.74, 6) is -1.54. The van der Waals surface area contributed by atoms with Gasteiger partial charge in [-0.15, -0.1) is 0 Å². The molecule has 0 radical (unpaired) electrons. The second kappa shape index (κ2) is 10.6. The molecule has 2 aliphatic heterocycles. The molecule has 0 bridgehead atoms. The zero-order valence-corrected chi connectivity index (χ0v) is 22.4. The van der Waals surface area contributed by atoms with Crippen molar-refractivity contribution in [3.05, 3.63) is 64.7 Å².